The van der Waals surface area contributed by atoms with Gasteiger partial charge in [0.1, 0.15) is 5.82 Å². The van der Waals surface area contributed by atoms with Crippen molar-refractivity contribution in [2.45, 2.75) is 37.3 Å². The first-order valence-electron chi connectivity index (χ1n) is 8.08. The van der Waals surface area contributed by atoms with E-state index in [0.29, 0.717) is 11.9 Å². The number of halogens is 3. The van der Waals surface area contributed by atoms with Crippen LogP contribution in [0.4, 0.5) is 18.9 Å². The summed E-state index contributed by atoms with van der Waals surface area (Å²) in [6, 6.07) is 3.24. The van der Waals surface area contributed by atoms with E-state index < -0.39 is 39.1 Å². The number of anilines is 1. The number of amides is 1. The standard InChI is InChI=1S/C17H19F3N4O3S/c1-16(2,3)15-21-8-12(9-22-15)24-14(25)10-23-28(26,27)13-6-4-5-11(7-13)17(18,19)20/h4-9,23H,10H2,1-3H3,(H,24,25). The van der Waals surface area contributed by atoms with Gasteiger partial charge in [0.15, 0.2) is 0 Å². The second-order valence-corrected chi connectivity index (χ2v) is 8.71. The smallest absolute Gasteiger partial charge is 0.322 e. The van der Waals surface area contributed by atoms with Gasteiger partial charge in [0.2, 0.25) is 15.9 Å². The third-order valence-corrected chi connectivity index (χ3v) is 4.90. The molecular weight excluding hydrogens is 397 g/mol. The van der Waals surface area contributed by atoms with Crippen molar-refractivity contribution in [2.75, 3.05) is 11.9 Å². The number of rotatable bonds is 5. The van der Waals surface area contributed by atoms with Gasteiger partial charge in [-0.15, -0.1) is 0 Å². The van der Waals surface area contributed by atoms with Crippen molar-refractivity contribution >= 4 is 21.6 Å². The van der Waals surface area contributed by atoms with E-state index in [9.17, 15) is 26.4 Å². The molecule has 1 amide bonds. The van der Waals surface area contributed by atoms with Crippen molar-refractivity contribution in [3.05, 3.63) is 48.0 Å². The molecule has 2 rings (SSSR count). The van der Waals surface area contributed by atoms with E-state index in [4.69, 9.17) is 0 Å². The summed E-state index contributed by atoms with van der Waals surface area (Å²) in [6.07, 6.45) is -1.91. The summed E-state index contributed by atoms with van der Waals surface area (Å²) in [5.74, 6) is -0.154. The van der Waals surface area contributed by atoms with Crippen molar-refractivity contribution in [2.24, 2.45) is 0 Å². The molecule has 1 aromatic carbocycles. The lowest BCUT2D eigenvalue weighted by atomic mass is 9.96. The van der Waals surface area contributed by atoms with Crippen LogP contribution in [0.1, 0.15) is 32.2 Å². The molecule has 2 N–H and O–H groups in total. The molecule has 0 bridgehead atoms. The summed E-state index contributed by atoms with van der Waals surface area (Å²) in [5, 5.41) is 2.41. The molecule has 152 valence electrons. The number of aromatic nitrogens is 2. The molecule has 11 heteroatoms. The molecule has 2 aromatic rings. The van der Waals surface area contributed by atoms with E-state index in [1.165, 1.54) is 12.4 Å². The van der Waals surface area contributed by atoms with E-state index in [1.807, 2.05) is 25.5 Å². The molecule has 0 atom stereocenters. The second kappa shape index (κ2) is 7.84. The minimum Gasteiger partial charge on any atom is -0.322 e. The highest BCUT2D eigenvalue weighted by Gasteiger charge is 2.31. The minimum absolute atomic E-state index is 0.260. The third kappa shape index (κ3) is 5.73. The SMILES string of the molecule is CC(C)(C)c1ncc(NC(=O)CNS(=O)(=O)c2cccc(C(F)(F)F)c2)cn1. The number of alkyl halides is 3. The number of nitrogens with one attached hydrogen (secondary N) is 2. The summed E-state index contributed by atoms with van der Waals surface area (Å²) in [7, 11) is -4.30. The Morgan fingerprint density at radius 3 is 2.25 bits per heavy atom. The molecule has 0 spiro atoms. The van der Waals surface area contributed by atoms with Crippen molar-refractivity contribution in [3.8, 4) is 0 Å². The number of hydrogen-bond donors (Lipinski definition) is 2. The molecule has 0 aliphatic carbocycles. The maximum atomic E-state index is 12.7. The van der Waals surface area contributed by atoms with Gasteiger partial charge in [0.05, 0.1) is 35.1 Å². The number of sulfonamides is 1. The quantitative estimate of drug-likeness (QED) is 0.781. The normalized spacial score (nSPS) is 12.6. The third-order valence-electron chi connectivity index (χ3n) is 3.50. The van der Waals surface area contributed by atoms with Crippen LogP contribution in [0.3, 0.4) is 0 Å². The zero-order valence-corrected chi connectivity index (χ0v) is 16.1. The molecule has 0 aliphatic heterocycles. The van der Waals surface area contributed by atoms with E-state index >= 15 is 0 Å². The molecule has 0 fully saturated rings. The van der Waals surface area contributed by atoms with Crippen molar-refractivity contribution in [3.63, 3.8) is 0 Å². The molecule has 0 radical (unpaired) electrons. The van der Waals surface area contributed by atoms with Crippen LogP contribution < -0.4 is 10.0 Å². The lowest BCUT2D eigenvalue weighted by Gasteiger charge is -2.16. The van der Waals surface area contributed by atoms with Gasteiger partial charge in [-0.25, -0.2) is 23.1 Å². The van der Waals surface area contributed by atoms with Crippen LogP contribution in [0.2, 0.25) is 0 Å². The highest BCUT2D eigenvalue weighted by atomic mass is 32.2. The predicted octanol–water partition coefficient (Wildman–Crippen LogP) is 2.71. The lowest BCUT2D eigenvalue weighted by Crippen LogP contribution is -2.33. The molecule has 28 heavy (non-hydrogen) atoms. The molecule has 0 saturated carbocycles. The predicted molar refractivity (Wildman–Crippen MR) is 96.0 cm³/mol. The van der Waals surface area contributed by atoms with E-state index in [-0.39, 0.29) is 11.1 Å². The Bertz CT molecular complexity index is 953. The number of carbonyl (C=O) groups is 1. The number of hydrogen-bond acceptors (Lipinski definition) is 5. The monoisotopic (exact) mass is 416 g/mol. The summed E-state index contributed by atoms with van der Waals surface area (Å²) < 4.78 is 64.4. The van der Waals surface area contributed by atoms with Crippen LogP contribution in [0.5, 0.6) is 0 Å². The van der Waals surface area contributed by atoms with E-state index in [0.717, 1.165) is 18.2 Å². The van der Waals surface area contributed by atoms with Crippen molar-refractivity contribution < 1.29 is 26.4 Å². The van der Waals surface area contributed by atoms with Crippen molar-refractivity contribution in [1.82, 2.24) is 14.7 Å². The topological polar surface area (TPSA) is 101 Å². The Balaban J connectivity index is 2.02. The Kier molecular flexibility index (Phi) is 6.09. The van der Waals surface area contributed by atoms with E-state index in [2.05, 4.69) is 15.3 Å². The minimum atomic E-state index is -4.68. The Labute approximate surface area is 160 Å². The molecule has 7 nitrogen and oxygen atoms in total. The van der Waals surface area contributed by atoms with Gasteiger partial charge in [0.25, 0.3) is 0 Å². The maximum absolute atomic E-state index is 12.7. The van der Waals surface area contributed by atoms with Gasteiger partial charge in [-0.1, -0.05) is 26.8 Å². The summed E-state index contributed by atoms with van der Waals surface area (Å²) in [5.41, 5.74) is -1.12. The first kappa shape index (κ1) is 21.8. The molecule has 0 aliphatic rings. The number of benzene rings is 1. The Morgan fingerprint density at radius 2 is 1.71 bits per heavy atom. The highest BCUT2D eigenvalue weighted by Crippen LogP contribution is 2.30. The van der Waals surface area contributed by atoms with Gasteiger partial charge in [-0.2, -0.15) is 13.2 Å². The van der Waals surface area contributed by atoms with Gasteiger partial charge in [0, 0.05) is 5.41 Å². The zero-order valence-electron chi connectivity index (χ0n) is 15.3. The zero-order chi connectivity index (χ0) is 21.2. The summed E-state index contributed by atoms with van der Waals surface area (Å²) in [6.45, 7) is 5.09. The molecule has 0 saturated heterocycles. The van der Waals surface area contributed by atoms with Gasteiger partial charge < -0.3 is 5.32 Å². The van der Waals surface area contributed by atoms with Crippen LogP contribution in [0.15, 0.2) is 41.6 Å². The summed E-state index contributed by atoms with van der Waals surface area (Å²) >= 11 is 0. The average Bonchev–Trinajstić information content (AvgIpc) is 2.59. The molecule has 1 heterocycles. The van der Waals surface area contributed by atoms with Crippen molar-refractivity contribution in [1.29, 1.82) is 0 Å². The summed E-state index contributed by atoms with van der Waals surface area (Å²) in [4.78, 5) is 19.6. The van der Waals surface area contributed by atoms with E-state index in [1.54, 1.807) is 0 Å². The van der Waals surface area contributed by atoms with Gasteiger partial charge in [-0.3, -0.25) is 4.79 Å². The largest absolute Gasteiger partial charge is 0.416 e. The van der Waals surface area contributed by atoms with Crippen LogP contribution >= 0.6 is 0 Å². The highest BCUT2D eigenvalue weighted by molar-refractivity contribution is 7.89. The molecule has 1 aromatic heterocycles. The first-order chi connectivity index (χ1) is 12.8. The van der Waals surface area contributed by atoms with Crippen LogP contribution in [-0.4, -0.2) is 30.8 Å². The van der Waals surface area contributed by atoms with Crippen LogP contribution in [0.25, 0.3) is 0 Å². The number of nitrogens with zero attached hydrogens (tertiary/aromatic N) is 2. The molecule has 0 unspecified atom stereocenters. The van der Waals surface area contributed by atoms with Crippen LogP contribution in [-0.2, 0) is 26.4 Å². The second-order valence-electron chi connectivity index (χ2n) is 6.94. The Hall–Kier alpha value is -2.53. The van der Waals surface area contributed by atoms with Crippen LogP contribution in [0, 0.1) is 0 Å². The lowest BCUT2D eigenvalue weighted by molar-refractivity contribution is -0.137. The number of carbonyl (C=O) groups excluding carboxylic acids is 1. The fraction of sp³-hybridized carbons (Fsp3) is 0.353. The Morgan fingerprint density at radius 1 is 1.11 bits per heavy atom. The fourth-order valence-electron chi connectivity index (χ4n) is 2.07. The maximum Gasteiger partial charge on any atom is 0.416 e. The molecular formula is C17H19F3N4O3S. The average molecular weight is 416 g/mol. The fourth-order valence-corrected chi connectivity index (χ4v) is 3.10. The first-order valence-corrected chi connectivity index (χ1v) is 9.57. The van der Waals surface area contributed by atoms with Gasteiger partial charge in [-0.05, 0) is 18.2 Å². The van der Waals surface area contributed by atoms with Gasteiger partial charge >= 0.3 is 6.18 Å².